The highest BCUT2D eigenvalue weighted by Crippen LogP contribution is 2.28. The van der Waals surface area contributed by atoms with Crippen LogP contribution in [0.1, 0.15) is 18.4 Å². The maximum atomic E-state index is 13.3. The van der Waals surface area contributed by atoms with Gasteiger partial charge in [0.25, 0.3) is 0 Å². The van der Waals surface area contributed by atoms with Gasteiger partial charge < -0.3 is 9.80 Å². The normalized spacial score (nSPS) is 14.7. The zero-order valence-electron chi connectivity index (χ0n) is 13.8. The summed E-state index contributed by atoms with van der Waals surface area (Å²) in [5.74, 6) is 0.114. The second kappa shape index (κ2) is 6.95. The predicted molar refractivity (Wildman–Crippen MR) is 92.1 cm³/mol. The molecule has 1 aromatic heterocycles. The van der Waals surface area contributed by atoms with E-state index in [-0.39, 0.29) is 0 Å². The fourth-order valence-electron chi connectivity index (χ4n) is 2.85. The van der Waals surface area contributed by atoms with Gasteiger partial charge in [0.15, 0.2) is 23.3 Å². The van der Waals surface area contributed by atoms with Gasteiger partial charge in [0.2, 0.25) is 0 Å². The Hall–Kier alpha value is -2.50. The van der Waals surface area contributed by atoms with E-state index < -0.39 is 11.6 Å². The number of benzene rings is 1. The maximum Gasteiger partial charge on any atom is 0.171 e. The highest BCUT2D eigenvalue weighted by atomic mass is 19.2. The minimum Gasteiger partial charge on any atom is -0.360 e. The van der Waals surface area contributed by atoms with Gasteiger partial charge in [0, 0.05) is 39.6 Å². The molecule has 0 radical (unpaired) electrons. The monoisotopic (exact) mass is 330 g/mol. The lowest BCUT2D eigenvalue weighted by molar-refractivity contribution is 0.508. The van der Waals surface area contributed by atoms with Crippen molar-refractivity contribution in [3.8, 4) is 0 Å². The number of nitrogens with zero attached hydrogens (tertiary/aromatic N) is 4. The van der Waals surface area contributed by atoms with E-state index in [0.717, 1.165) is 37.6 Å². The molecule has 0 amide bonds. The van der Waals surface area contributed by atoms with Gasteiger partial charge in [0.1, 0.15) is 0 Å². The molecule has 4 nitrogen and oxygen atoms in total. The Labute approximate surface area is 140 Å². The molecule has 0 N–H and O–H groups in total. The summed E-state index contributed by atoms with van der Waals surface area (Å²) >= 11 is 0. The first-order valence-corrected chi connectivity index (χ1v) is 7.92. The summed E-state index contributed by atoms with van der Waals surface area (Å²) in [4.78, 5) is 13.0. The van der Waals surface area contributed by atoms with Crippen LogP contribution in [0.5, 0.6) is 0 Å². The van der Waals surface area contributed by atoms with Crippen molar-refractivity contribution in [2.75, 3.05) is 37.0 Å². The molecular formula is C18H20F2N4. The second-order valence-electron chi connectivity index (χ2n) is 6.06. The van der Waals surface area contributed by atoms with Crippen LogP contribution in [0.2, 0.25) is 0 Å². The molecular weight excluding hydrogens is 310 g/mol. The smallest absolute Gasteiger partial charge is 0.171 e. The Balaban J connectivity index is 1.72. The standard InChI is InChI=1S/C18H20F2N4/c1-23(2)17-18(22-8-7-21-17)24-9-5-13(6-10-24)11-14-3-4-15(19)16(20)12-14/h3-4,7-8,11-12H,5-6,9-10H2,1-2H3. The molecule has 0 atom stereocenters. The van der Waals surface area contributed by atoms with Crippen molar-refractivity contribution in [3.63, 3.8) is 0 Å². The fourth-order valence-corrected chi connectivity index (χ4v) is 2.85. The molecule has 0 aliphatic carbocycles. The summed E-state index contributed by atoms with van der Waals surface area (Å²) < 4.78 is 26.3. The number of piperidine rings is 1. The van der Waals surface area contributed by atoms with Gasteiger partial charge in [-0.15, -0.1) is 0 Å². The largest absolute Gasteiger partial charge is 0.360 e. The van der Waals surface area contributed by atoms with Gasteiger partial charge in [0.05, 0.1) is 0 Å². The summed E-state index contributed by atoms with van der Waals surface area (Å²) in [6.07, 6.45) is 7.07. The Kier molecular flexibility index (Phi) is 4.74. The molecule has 2 aromatic rings. The zero-order valence-corrected chi connectivity index (χ0v) is 13.8. The summed E-state index contributed by atoms with van der Waals surface area (Å²) in [6, 6.07) is 4.01. The molecule has 0 bridgehead atoms. The first-order valence-electron chi connectivity index (χ1n) is 7.92. The maximum absolute atomic E-state index is 13.3. The zero-order chi connectivity index (χ0) is 17.1. The van der Waals surface area contributed by atoms with Crippen molar-refractivity contribution >= 4 is 17.7 Å². The molecule has 0 spiro atoms. The molecule has 6 heteroatoms. The SMILES string of the molecule is CN(C)c1nccnc1N1CCC(=Cc2ccc(F)c(F)c2)CC1. The van der Waals surface area contributed by atoms with Crippen molar-refractivity contribution in [2.24, 2.45) is 0 Å². The van der Waals surface area contributed by atoms with Crippen LogP contribution in [-0.2, 0) is 0 Å². The lowest BCUT2D eigenvalue weighted by Crippen LogP contribution is -2.32. The predicted octanol–water partition coefficient (Wildman–Crippen LogP) is 3.50. The Morgan fingerprint density at radius 2 is 1.75 bits per heavy atom. The minimum atomic E-state index is -0.814. The van der Waals surface area contributed by atoms with Crippen LogP contribution < -0.4 is 9.80 Å². The average Bonchev–Trinajstić information content (AvgIpc) is 2.59. The number of aromatic nitrogens is 2. The summed E-state index contributed by atoms with van der Waals surface area (Å²) in [7, 11) is 3.90. The van der Waals surface area contributed by atoms with Crippen molar-refractivity contribution in [2.45, 2.75) is 12.8 Å². The number of halogens is 2. The van der Waals surface area contributed by atoms with Crippen LogP contribution in [-0.4, -0.2) is 37.2 Å². The quantitative estimate of drug-likeness (QED) is 0.862. The minimum absolute atomic E-state index is 0.700. The van der Waals surface area contributed by atoms with Crippen LogP contribution in [0.25, 0.3) is 6.08 Å². The molecule has 1 aromatic carbocycles. The molecule has 24 heavy (non-hydrogen) atoms. The van der Waals surface area contributed by atoms with Crippen molar-refractivity contribution in [3.05, 3.63) is 53.4 Å². The highest BCUT2D eigenvalue weighted by molar-refractivity contribution is 5.62. The lowest BCUT2D eigenvalue weighted by Gasteiger charge is -2.31. The van der Waals surface area contributed by atoms with Gasteiger partial charge in [-0.2, -0.15) is 0 Å². The first-order chi connectivity index (χ1) is 11.5. The first kappa shape index (κ1) is 16.4. The molecule has 0 saturated carbocycles. The van der Waals surface area contributed by atoms with Gasteiger partial charge in [-0.3, -0.25) is 0 Å². The van der Waals surface area contributed by atoms with E-state index in [9.17, 15) is 8.78 Å². The molecule has 3 rings (SSSR count). The van der Waals surface area contributed by atoms with E-state index in [4.69, 9.17) is 0 Å². The van der Waals surface area contributed by atoms with Gasteiger partial charge >= 0.3 is 0 Å². The van der Waals surface area contributed by atoms with Crippen LogP contribution >= 0.6 is 0 Å². The summed E-state index contributed by atoms with van der Waals surface area (Å²) in [5, 5.41) is 0. The third kappa shape index (κ3) is 3.53. The molecule has 1 saturated heterocycles. The van der Waals surface area contributed by atoms with Gasteiger partial charge in [-0.25, -0.2) is 18.7 Å². The molecule has 1 aliphatic heterocycles. The number of rotatable bonds is 3. The van der Waals surface area contributed by atoms with Gasteiger partial charge in [-0.05, 0) is 30.5 Å². The van der Waals surface area contributed by atoms with Crippen molar-refractivity contribution < 1.29 is 8.78 Å². The van der Waals surface area contributed by atoms with Crippen LogP contribution in [0.4, 0.5) is 20.4 Å². The summed E-state index contributed by atoms with van der Waals surface area (Å²) in [5.41, 5.74) is 1.93. The highest BCUT2D eigenvalue weighted by Gasteiger charge is 2.19. The van der Waals surface area contributed by atoms with Crippen molar-refractivity contribution in [1.29, 1.82) is 0 Å². The number of anilines is 2. The molecule has 1 aliphatic rings. The topological polar surface area (TPSA) is 32.3 Å². The van der Waals surface area contributed by atoms with Crippen molar-refractivity contribution in [1.82, 2.24) is 9.97 Å². The Morgan fingerprint density at radius 3 is 2.42 bits per heavy atom. The van der Waals surface area contributed by atoms with E-state index in [1.54, 1.807) is 18.5 Å². The van der Waals surface area contributed by atoms with E-state index in [0.29, 0.717) is 5.56 Å². The Morgan fingerprint density at radius 1 is 1.04 bits per heavy atom. The van der Waals surface area contributed by atoms with E-state index in [1.807, 2.05) is 25.1 Å². The lowest BCUT2D eigenvalue weighted by atomic mass is 10.0. The molecule has 1 fully saturated rings. The fraction of sp³-hybridized carbons (Fsp3) is 0.333. The number of hydrogen-bond acceptors (Lipinski definition) is 4. The molecule has 0 unspecified atom stereocenters. The van der Waals surface area contributed by atoms with Crippen LogP contribution in [0.3, 0.4) is 0 Å². The third-order valence-electron chi connectivity index (χ3n) is 4.10. The van der Waals surface area contributed by atoms with Crippen LogP contribution in [0, 0.1) is 11.6 Å². The van der Waals surface area contributed by atoms with E-state index in [2.05, 4.69) is 14.9 Å². The third-order valence-corrected chi connectivity index (χ3v) is 4.10. The van der Waals surface area contributed by atoms with E-state index >= 15 is 0 Å². The van der Waals surface area contributed by atoms with E-state index in [1.165, 1.54) is 17.7 Å². The Bertz CT molecular complexity index is 748. The van der Waals surface area contributed by atoms with Crippen LogP contribution in [0.15, 0.2) is 36.2 Å². The summed E-state index contributed by atoms with van der Waals surface area (Å²) in [6.45, 7) is 1.66. The average molecular weight is 330 g/mol. The molecule has 2 heterocycles. The number of hydrogen-bond donors (Lipinski definition) is 0. The van der Waals surface area contributed by atoms with Gasteiger partial charge in [-0.1, -0.05) is 17.7 Å². The second-order valence-corrected chi connectivity index (χ2v) is 6.06. The molecule has 126 valence electrons.